The standard InChI is InChI=1S/C23H30N2O3/c1-17-14-18(9-10-23(17,2)3)6-5-12-25-22(26)16-19-7-8-20(28-13-11-24)21(15-19)27-4/h7-9,14-15H,5-6,10,12-13,16H2,1-4H3,(H,25,26). The predicted molar refractivity (Wildman–Crippen MR) is 110 cm³/mol. The Bertz CT molecular complexity index is 801. The van der Waals surface area contributed by atoms with Gasteiger partial charge < -0.3 is 14.8 Å². The molecule has 0 unspecified atom stereocenters. The summed E-state index contributed by atoms with van der Waals surface area (Å²) in [5.74, 6) is 1.01. The number of rotatable bonds is 9. The van der Waals surface area contributed by atoms with Crippen LogP contribution in [0.4, 0.5) is 0 Å². The normalized spacial score (nSPS) is 15.1. The Balaban J connectivity index is 1.77. The second kappa shape index (κ2) is 9.98. The van der Waals surface area contributed by atoms with E-state index in [0.717, 1.165) is 24.8 Å². The van der Waals surface area contributed by atoms with Gasteiger partial charge in [0.1, 0.15) is 6.07 Å². The number of hydrogen-bond acceptors (Lipinski definition) is 4. The minimum absolute atomic E-state index is 0.0155. The van der Waals surface area contributed by atoms with Crippen LogP contribution < -0.4 is 14.8 Å². The van der Waals surface area contributed by atoms with E-state index < -0.39 is 0 Å². The molecule has 5 nitrogen and oxygen atoms in total. The topological polar surface area (TPSA) is 71.3 Å². The molecule has 1 aliphatic rings. The molecule has 1 amide bonds. The molecule has 28 heavy (non-hydrogen) atoms. The van der Waals surface area contributed by atoms with E-state index in [1.165, 1.54) is 18.3 Å². The highest BCUT2D eigenvalue weighted by atomic mass is 16.5. The SMILES string of the molecule is COc1cc(CC(=O)NCCCC2=CCC(C)(C)C(C)=C2)ccc1OCC#N. The first-order valence-corrected chi connectivity index (χ1v) is 9.67. The zero-order valence-corrected chi connectivity index (χ0v) is 17.3. The Hall–Kier alpha value is -2.74. The molecule has 150 valence electrons. The number of nitriles is 1. The third-order valence-electron chi connectivity index (χ3n) is 5.19. The predicted octanol–water partition coefficient (Wildman–Crippen LogP) is 4.34. The molecule has 0 aromatic heterocycles. The molecule has 1 aliphatic carbocycles. The molecule has 1 N–H and O–H groups in total. The number of nitrogens with one attached hydrogen (secondary N) is 1. The highest BCUT2D eigenvalue weighted by Crippen LogP contribution is 2.36. The summed E-state index contributed by atoms with van der Waals surface area (Å²) in [6.07, 6.45) is 7.86. The largest absolute Gasteiger partial charge is 0.493 e. The van der Waals surface area contributed by atoms with Crippen molar-refractivity contribution in [1.29, 1.82) is 5.26 Å². The van der Waals surface area contributed by atoms with Crippen molar-refractivity contribution in [3.05, 3.63) is 47.1 Å². The quantitative estimate of drug-likeness (QED) is 0.645. The van der Waals surface area contributed by atoms with Crippen LogP contribution in [0.15, 0.2) is 41.5 Å². The van der Waals surface area contributed by atoms with Gasteiger partial charge in [0, 0.05) is 6.54 Å². The monoisotopic (exact) mass is 382 g/mol. The number of methoxy groups -OCH3 is 1. The summed E-state index contributed by atoms with van der Waals surface area (Å²) in [5.41, 5.74) is 3.89. The highest BCUT2D eigenvalue weighted by Gasteiger charge is 2.21. The lowest BCUT2D eigenvalue weighted by atomic mass is 9.77. The van der Waals surface area contributed by atoms with Gasteiger partial charge in [-0.2, -0.15) is 5.26 Å². The fraction of sp³-hybridized carbons (Fsp3) is 0.478. The number of ether oxygens (including phenoxy) is 2. The highest BCUT2D eigenvalue weighted by molar-refractivity contribution is 5.78. The summed E-state index contributed by atoms with van der Waals surface area (Å²) in [7, 11) is 1.54. The van der Waals surface area contributed by atoms with E-state index in [2.05, 4.69) is 38.2 Å². The first-order chi connectivity index (χ1) is 13.4. The Labute approximate surface area is 168 Å². The van der Waals surface area contributed by atoms with Crippen LogP contribution in [0.25, 0.3) is 0 Å². The average molecular weight is 383 g/mol. The van der Waals surface area contributed by atoms with Gasteiger partial charge in [0.2, 0.25) is 5.91 Å². The van der Waals surface area contributed by atoms with Crippen LogP contribution in [0, 0.1) is 16.7 Å². The van der Waals surface area contributed by atoms with Gasteiger partial charge in [-0.15, -0.1) is 0 Å². The smallest absolute Gasteiger partial charge is 0.224 e. The molecule has 1 aromatic carbocycles. The van der Waals surface area contributed by atoms with Crippen molar-refractivity contribution >= 4 is 5.91 Å². The maximum absolute atomic E-state index is 12.2. The maximum Gasteiger partial charge on any atom is 0.224 e. The summed E-state index contributed by atoms with van der Waals surface area (Å²) in [4.78, 5) is 12.2. The number of nitrogens with zero attached hydrogens (tertiary/aromatic N) is 1. The minimum Gasteiger partial charge on any atom is -0.493 e. The minimum atomic E-state index is -0.0428. The number of carbonyl (C=O) groups excluding carboxylic acids is 1. The van der Waals surface area contributed by atoms with Crippen molar-refractivity contribution in [2.24, 2.45) is 5.41 Å². The second-order valence-corrected chi connectivity index (χ2v) is 7.76. The molecule has 2 rings (SSSR count). The molecule has 0 bridgehead atoms. The molecule has 0 aliphatic heterocycles. The molecule has 0 heterocycles. The fourth-order valence-electron chi connectivity index (χ4n) is 3.07. The maximum atomic E-state index is 12.2. The Morgan fingerprint density at radius 3 is 2.79 bits per heavy atom. The van der Waals surface area contributed by atoms with E-state index in [1.807, 2.05) is 12.1 Å². The molecule has 0 spiro atoms. The molecule has 0 radical (unpaired) electrons. The van der Waals surface area contributed by atoms with Gasteiger partial charge in [0.05, 0.1) is 13.5 Å². The van der Waals surface area contributed by atoms with Gasteiger partial charge >= 0.3 is 0 Å². The third kappa shape index (κ3) is 6.16. The summed E-state index contributed by atoms with van der Waals surface area (Å²) < 4.78 is 10.6. The van der Waals surface area contributed by atoms with Crippen molar-refractivity contribution in [3.8, 4) is 17.6 Å². The van der Waals surface area contributed by atoms with E-state index in [1.54, 1.807) is 12.1 Å². The molecular formula is C23H30N2O3. The van der Waals surface area contributed by atoms with E-state index in [4.69, 9.17) is 14.7 Å². The Kier molecular flexibility index (Phi) is 7.69. The van der Waals surface area contributed by atoms with E-state index >= 15 is 0 Å². The van der Waals surface area contributed by atoms with Crippen molar-refractivity contribution < 1.29 is 14.3 Å². The first-order valence-electron chi connectivity index (χ1n) is 9.67. The number of amides is 1. The third-order valence-corrected chi connectivity index (χ3v) is 5.19. The van der Waals surface area contributed by atoms with Gasteiger partial charge in [-0.1, -0.05) is 43.2 Å². The Morgan fingerprint density at radius 2 is 2.11 bits per heavy atom. The molecule has 0 saturated heterocycles. The summed E-state index contributed by atoms with van der Waals surface area (Å²) in [6.45, 7) is 7.35. The molecular weight excluding hydrogens is 352 g/mol. The van der Waals surface area contributed by atoms with Crippen LogP contribution in [0.1, 0.15) is 45.6 Å². The number of carbonyl (C=O) groups is 1. The van der Waals surface area contributed by atoms with Crippen LogP contribution in [0.5, 0.6) is 11.5 Å². The summed E-state index contributed by atoms with van der Waals surface area (Å²) in [5, 5.41) is 11.6. The molecule has 0 atom stereocenters. The number of benzene rings is 1. The van der Waals surface area contributed by atoms with Gasteiger partial charge in [0.25, 0.3) is 0 Å². The summed E-state index contributed by atoms with van der Waals surface area (Å²) >= 11 is 0. The first kappa shape index (κ1) is 21.6. The fourth-order valence-corrected chi connectivity index (χ4v) is 3.07. The van der Waals surface area contributed by atoms with Crippen molar-refractivity contribution in [3.63, 3.8) is 0 Å². The van der Waals surface area contributed by atoms with Crippen LogP contribution in [0.3, 0.4) is 0 Å². The lowest BCUT2D eigenvalue weighted by Gasteiger charge is -2.28. The van der Waals surface area contributed by atoms with Crippen LogP contribution in [-0.2, 0) is 11.2 Å². The van der Waals surface area contributed by atoms with Crippen molar-refractivity contribution in [2.75, 3.05) is 20.3 Å². The summed E-state index contributed by atoms with van der Waals surface area (Å²) in [6, 6.07) is 7.24. The van der Waals surface area contributed by atoms with Crippen molar-refractivity contribution in [2.45, 2.75) is 46.5 Å². The van der Waals surface area contributed by atoms with Crippen LogP contribution >= 0.6 is 0 Å². The Morgan fingerprint density at radius 1 is 1.32 bits per heavy atom. The van der Waals surface area contributed by atoms with E-state index in [0.29, 0.717) is 18.0 Å². The molecule has 0 saturated carbocycles. The molecule has 1 aromatic rings. The average Bonchev–Trinajstić information content (AvgIpc) is 2.67. The van der Waals surface area contributed by atoms with Gasteiger partial charge in [-0.3, -0.25) is 4.79 Å². The zero-order valence-electron chi connectivity index (χ0n) is 17.3. The van der Waals surface area contributed by atoms with Gasteiger partial charge in [0.15, 0.2) is 18.1 Å². The lowest BCUT2D eigenvalue weighted by molar-refractivity contribution is -0.120. The van der Waals surface area contributed by atoms with Gasteiger partial charge in [-0.25, -0.2) is 0 Å². The number of allylic oxidation sites excluding steroid dienone is 4. The van der Waals surface area contributed by atoms with Crippen LogP contribution in [-0.4, -0.2) is 26.2 Å². The van der Waals surface area contributed by atoms with E-state index in [9.17, 15) is 4.79 Å². The number of hydrogen-bond donors (Lipinski definition) is 1. The van der Waals surface area contributed by atoms with Crippen LogP contribution in [0.2, 0.25) is 0 Å². The molecule has 0 fully saturated rings. The second-order valence-electron chi connectivity index (χ2n) is 7.76. The van der Waals surface area contributed by atoms with E-state index in [-0.39, 0.29) is 24.3 Å². The zero-order chi connectivity index (χ0) is 20.6. The van der Waals surface area contributed by atoms with Gasteiger partial charge in [-0.05, 0) is 49.3 Å². The molecule has 5 heteroatoms. The van der Waals surface area contributed by atoms with Crippen molar-refractivity contribution in [1.82, 2.24) is 5.32 Å². The lowest BCUT2D eigenvalue weighted by Crippen LogP contribution is -2.26.